The Balaban J connectivity index is 1.17. The van der Waals surface area contributed by atoms with Crippen LogP contribution < -0.4 is 15.4 Å². The van der Waals surface area contributed by atoms with Gasteiger partial charge in [-0.2, -0.15) is 0 Å². The first kappa shape index (κ1) is 26.9. The fourth-order valence-electron chi connectivity index (χ4n) is 4.46. The van der Waals surface area contributed by atoms with Gasteiger partial charge in [-0.05, 0) is 52.0 Å². The van der Waals surface area contributed by atoms with Crippen LogP contribution in [0.5, 0.6) is 0 Å². The maximum Gasteiger partial charge on any atom is 0.263 e. The molecule has 1 aromatic carbocycles. The molecule has 206 valence electrons. The summed E-state index contributed by atoms with van der Waals surface area (Å²) in [5.41, 5.74) is 0.349. The molecule has 0 saturated carbocycles. The number of amides is 2. The molecule has 3 aliphatic rings. The van der Waals surface area contributed by atoms with Crippen LogP contribution in [0.3, 0.4) is 0 Å². The Morgan fingerprint density at radius 2 is 1.63 bits per heavy atom. The molecule has 4 heterocycles. The van der Waals surface area contributed by atoms with Gasteiger partial charge < -0.3 is 34.3 Å². The van der Waals surface area contributed by atoms with E-state index in [0.29, 0.717) is 5.69 Å². The minimum atomic E-state index is -3.82. The quantitative estimate of drug-likeness (QED) is 0.445. The molecule has 3 fully saturated rings. The molecule has 0 bridgehead atoms. The Morgan fingerprint density at radius 3 is 2.32 bits per heavy atom. The minimum Gasteiger partial charge on any atom is -0.345 e. The lowest BCUT2D eigenvalue weighted by atomic mass is 9.98. The van der Waals surface area contributed by atoms with E-state index in [9.17, 15) is 18.0 Å². The molecule has 0 radical (unpaired) electrons. The van der Waals surface area contributed by atoms with Crippen molar-refractivity contribution in [3.63, 3.8) is 0 Å². The third-order valence-corrected chi connectivity index (χ3v) is 8.11. The second kappa shape index (κ2) is 9.82. The highest BCUT2D eigenvalue weighted by molar-refractivity contribution is 7.93. The molecule has 13 nitrogen and oxygen atoms in total. The van der Waals surface area contributed by atoms with Crippen molar-refractivity contribution in [1.82, 2.24) is 10.3 Å². The van der Waals surface area contributed by atoms with Crippen molar-refractivity contribution in [2.75, 3.05) is 16.6 Å². The van der Waals surface area contributed by atoms with Crippen LogP contribution in [-0.4, -0.2) is 74.0 Å². The zero-order chi connectivity index (χ0) is 27.3. The van der Waals surface area contributed by atoms with Crippen LogP contribution in [-0.2, 0) is 43.3 Å². The van der Waals surface area contributed by atoms with Gasteiger partial charge in [-0.15, -0.1) is 11.3 Å². The molecule has 2 aromatic rings. The van der Waals surface area contributed by atoms with Gasteiger partial charge in [0.25, 0.3) is 15.9 Å². The predicted molar refractivity (Wildman–Crippen MR) is 134 cm³/mol. The van der Waals surface area contributed by atoms with Gasteiger partial charge in [0, 0.05) is 17.3 Å². The molecule has 5 rings (SSSR count). The van der Waals surface area contributed by atoms with Gasteiger partial charge in [0.1, 0.15) is 18.3 Å². The van der Waals surface area contributed by atoms with Crippen molar-refractivity contribution >= 4 is 44.0 Å². The summed E-state index contributed by atoms with van der Waals surface area (Å²) in [5, 5.41) is 7.06. The number of carbonyl (C=O) groups excluding carboxylic acids is 2. The van der Waals surface area contributed by atoms with Crippen molar-refractivity contribution in [3.8, 4) is 0 Å². The fourth-order valence-corrected chi connectivity index (χ4v) is 6.25. The Kier molecular flexibility index (Phi) is 6.96. The Labute approximate surface area is 223 Å². The molecule has 0 aliphatic carbocycles. The highest BCUT2D eigenvalue weighted by atomic mass is 32.2. The van der Waals surface area contributed by atoms with Gasteiger partial charge in [0.2, 0.25) is 5.91 Å². The van der Waals surface area contributed by atoms with Crippen LogP contribution in [0.15, 0.2) is 40.7 Å². The largest absolute Gasteiger partial charge is 0.345 e. The van der Waals surface area contributed by atoms with Crippen molar-refractivity contribution in [2.24, 2.45) is 0 Å². The normalized spacial score (nSPS) is 29.2. The monoisotopic (exact) mass is 568 g/mol. The Morgan fingerprint density at radius 1 is 0.974 bits per heavy atom. The Bertz CT molecular complexity index is 1300. The molecular formula is C23H28N4O9S2. The molecule has 3 saturated heterocycles. The van der Waals surface area contributed by atoms with Gasteiger partial charge in [-0.1, -0.05) is 0 Å². The van der Waals surface area contributed by atoms with Crippen LogP contribution in [0.4, 0.5) is 10.8 Å². The topological polar surface area (TPSA) is 163 Å². The van der Waals surface area contributed by atoms with E-state index in [0.717, 1.165) is 11.3 Å². The van der Waals surface area contributed by atoms with E-state index < -0.39 is 64.1 Å². The first-order valence-corrected chi connectivity index (χ1v) is 14.1. The number of carbonyl (C=O) groups is 2. The van der Waals surface area contributed by atoms with E-state index in [4.69, 9.17) is 23.7 Å². The third-order valence-electron chi connectivity index (χ3n) is 5.94. The molecule has 0 unspecified atom stereocenters. The average Bonchev–Trinajstić information content (AvgIpc) is 3.52. The number of ether oxygens (including phenoxy) is 5. The number of benzene rings is 1. The summed E-state index contributed by atoms with van der Waals surface area (Å²) in [7, 11) is -3.82. The molecule has 15 heteroatoms. The predicted octanol–water partition coefficient (Wildman–Crippen LogP) is 1.40. The standard InChI is InChI=1S/C23H28N4O9S2/c1-22(2)33-15-16(34-22)18-20(36-23(3,4)35-18)32-17(15)19(29)25-11-14(28)26-12-5-7-13(8-6-12)38(30,31)27-21-24-9-10-37-21/h5-10,15-18,20H,11H2,1-4H3,(H,24,27)(H,25,29)(H,26,28)/t15-,16-,17+,18-,20+/m1/s1. The first-order chi connectivity index (χ1) is 17.8. The van der Waals surface area contributed by atoms with Crippen LogP contribution >= 0.6 is 11.3 Å². The number of thiazole rings is 1. The van der Waals surface area contributed by atoms with Crippen molar-refractivity contribution in [3.05, 3.63) is 35.8 Å². The van der Waals surface area contributed by atoms with E-state index in [2.05, 4.69) is 20.3 Å². The second-order valence-corrected chi connectivity index (χ2v) is 12.4. The lowest BCUT2D eigenvalue weighted by Crippen LogP contribution is -2.59. The lowest BCUT2D eigenvalue weighted by molar-refractivity contribution is -0.231. The number of hydrogen-bond donors (Lipinski definition) is 3. The second-order valence-electron chi connectivity index (χ2n) is 9.82. The summed E-state index contributed by atoms with van der Waals surface area (Å²) in [5.74, 6) is -2.98. The Hall–Kier alpha value is -2.66. The number of nitrogens with one attached hydrogen (secondary N) is 3. The molecular weight excluding hydrogens is 540 g/mol. The molecule has 3 N–H and O–H groups in total. The molecule has 38 heavy (non-hydrogen) atoms. The SMILES string of the molecule is CC1(C)O[C@@H]2[C@@H](O1)[C@@H](C(=O)NCC(=O)Nc1ccc(S(=O)(=O)Nc3nccs3)cc1)O[C@H]1OC(C)(C)O[C@@H]12. The number of sulfonamides is 1. The zero-order valence-corrected chi connectivity index (χ0v) is 22.6. The van der Waals surface area contributed by atoms with Gasteiger partial charge in [-0.3, -0.25) is 14.3 Å². The van der Waals surface area contributed by atoms with E-state index in [-0.39, 0.29) is 16.6 Å². The lowest BCUT2D eigenvalue weighted by Gasteiger charge is -2.36. The smallest absolute Gasteiger partial charge is 0.263 e. The minimum absolute atomic E-state index is 0.00398. The summed E-state index contributed by atoms with van der Waals surface area (Å²) in [6.45, 7) is 6.58. The van der Waals surface area contributed by atoms with Crippen LogP contribution in [0.1, 0.15) is 27.7 Å². The van der Waals surface area contributed by atoms with Gasteiger partial charge in [-0.25, -0.2) is 13.4 Å². The third kappa shape index (κ3) is 5.68. The number of anilines is 2. The fraction of sp³-hybridized carbons (Fsp3) is 0.522. The van der Waals surface area contributed by atoms with E-state index >= 15 is 0 Å². The number of hydrogen-bond acceptors (Lipinski definition) is 11. The molecule has 3 aliphatic heterocycles. The summed E-state index contributed by atoms with van der Waals surface area (Å²) in [6, 6.07) is 5.58. The molecule has 2 amide bonds. The van der Waals surface area contributed by atoms with Crippen LogP contribution in [0.25, 0.3) is 0 Å². The summed E-state index contributed by atoms with van der Waals surface area (Å²) < 4.78 is 56.8. The number of nitrogens with zero attached hydrogens (tertiary/aromatic N) is 1. The average molecular weight is 569 g/mol. The van der Waals surface area contributed by atoms with Crippen molar-refractivity contribution < 1.29 is 41.7 Å². The van der Waals surface area contributed by atoms with Crippen molar-refractivity contribution in [1.29, 1.82) is 0 Å². The maximum atomic E-state index is 13.0. The molecule has 1 aromatic heterocycles. The van der Waals surface area contributed by atoms with Gasteiger partial charge in [0.15, 0.2) is 29.1 Å². The summed E-state index contributed by atoms with van der Waals surface area (Å²) in [4.78, 5) is 29.4. The zero-order valence-electron chi connectivity index (χ0n) is 21.0. The van der Waals surface area contributed by atoms with Gasteiger partial charge in [0.05, 0.1) is 11.4 Å². The van der Waals surface area contributed by atoms with E-state index in [1.54, 1.807) is 33.1 Å². The maximum absolute atomic E-state index is 13.0. The summed E-state index contributed by atoms with van der Waals surface area (Å²) in [6.07, 6.45) is -2.39. The van der Waals surface area contributed by atoms with E-state index in [1.165, 1.54) is 30.5 Å². The number of rotatable bonds is 7. The van der Waals surface area contributed by atoms with Gasteiger partial charge >= 0.3 is 0 Å². The first-order valence-electron chi connectivity index (χ1n) is 11.8. The highest BCUT2D eigenvalue weighted by Gasteiger charge is 2.62. The molecule has 5 atom stereocenters. The van der Waals surface area contributed by atoms with Crippen LogP contribution in [0.2, 0.25) is 0 Å². The number of aromatic nitrogens is 1. The van der Waals surface area contributed by atoms with Crippen LogP contribution in [0, 0.1) is 0 Å². The van der Waals surface area contributed by atoms with Crippen molar-refractivity contribution in [2.45, 2.75) is 74.9 Å². The molecule has 0 spiro atoms. The number of fused-ring (bicyclic) bond motifs is 3. The highest BCUT2D eigenvalue weighted by Crippen LogP contribution is 2.44. The summed E-state index contributed by atoms with van der Waals surface area (Å²) >= 11 is 1.15. The van der Waals surface area contributed by atoms with E-state index in [1.807, 2.05) is 0 Å².